The minimum Gasteiger partial charge on any atom is -0.497 e. The predicted octanol–water partition coefficient (Wildman–Crippen LogP) is 3.98. The molecule has 0 unspecified atom stereocenters. The lowest BCUT2D eigenvalue weighted by molar-refractivity contribution is 0.414. The second kappa shape index (κ2) is 7.87. The molecule has 0 aliphatic rings. The SMILES string of the molecule is COc1cccc(CNc2nccn(-c3ccc(C(C)C)cc3)c2=O)c1. The highest BCUT2D eigenvalue weighted by molar-refractivity contribution is 5.41. The van der Waals surface area contributed by atoms with E-state index in [1.807, 2.05) is 36.4 Å². The van der Waals surface area contributed by atoms with Crippen molar-refractivity contribution in [3.8, 4) is 11.4 Å². The molecule has 26 heavy (non-hydrogen) atoms. The highest BCUT2D eigenvalue weighted by Crippen LogP contribution is 2.16. The molecule has 0 saturated heterocycles. The summed E-state index contributed by atoms with van der Waals surface area (Å²) in [7, 11) is 1.63. The van der Waals surface area contributed by atoms with Crippen LogP contribution in [-0.4, -0.2) is 16.7 Å². The van der Waals surface area contributed by atoms with Gasteiger partial charge in [0, 0.05) is 24.6 Å². The van der Waals surface area contributed by atoms with Crippen LogP contribution >= 0.6 is 0 Å². The van der Waals surface area contributed by atoms with Crippen LogP contribution < -0.4 is 15.6 Å². The van der Waals surface area contributed by atoms with Crippen LogP contribution in [0, 0.1) is 0 Å². The molecule has 134 valence electrons. The minimum absolute atomic E-state index is 0.173. The summed E-state index contributed by atoms with van der Waals surface area (Å²) in [5.41, 5.74) is 2.91. The molecule has 0 bridgehead atoms. The lowest BCUT2D eigenvalue weighted by Gasteiger charge is -2.11. The van der Waals surface area contributed by atoms with Gasteiger partial charge in [-0.1, -0.05) is 38.1 Å². The van der Waals surface area contributed by atoms with Gasteiger partial charge in [-0.3, -0.25) is 9.36 Å². The van der Waals surface area contributed by atoms with Crippen LogP contribution in [0.2, 0.25) is 0 Å². The summed E-state index contributed by atoms with van der Waals surface area (Å²) in [4.78, 5) is 16.9. The first kappa shape index (κ1) is 17.7. The third-order valence-corrected chi connectivity index (χ3v) is 4.27. The summed E-state index contributed by atoms with van der Waals surface area (Å²) in [6.45, 7) is 4.79. The molecule has 0 saturated carbocycles. The first-order valence-electron chi connectivity index (χ1n) is 8.63. The van der Waals surface area contributed by atoms with Crippen LogP contribution in [0.1, 0.15) is 30.9 Å². The number of nitrogens with one attached hydrogen (secondary N) is 1. The van der Waals surface area contributed by atoms with Crippen LogP contribution in [0.15, 0.2) is 65.7 Å². The van der Waals surface area contributed by atoms with Gasteiger partial charge >= 0.3 is 0 Å². The number of aromatic nitrogens is 2. The van der Waals surface area contributed by atoms with Crippen molar-refractivity contribution >= 4 is 5.82 Å². The molecule has 0 fully saturated rings. The summed E-state index contributed by atoms with van der Waals surface area (Å²) < 4.78 is 6.83. The Morgan fingerprint density at radius 1 is 1.15 bits per heavy atom. The average Bonchev–Trinajstić information content (AvgIpc) is 2.67. The summed E-state index contributed by atoms with van der Waals surface area (Å²) in [5.74, 6) is 1.56. The monoisotopic (exact) mass is 349 g/mol. The van der Waals surface area contributed by atoms with Gasteiger partial charge in [0.25, 0.3) is 5.56 Å². The number of nitrogens with zero attached hydrogens (tertiary/aromatic N) is 2. The van der Waals surface area contributed by atoms with E-state index in [4.69, 9.17) is 4.74 Å². The van der Waals surface area contributed by atoms with Crippen LogP contribution in [0.4, 0.5) is 5.82 Å². The van der Waals surface area contributed by atoms with E-state index < -0.39 is 0 Å². The van der Waals surface area contributed by atoms with Crippen LogP contribution in [0.5, 0.6) is 5.75 Å². The second-order valence-electron chi connectivity index (χ2n) is 6.40. The van der Waals surface area contributed by atoms with Crippen molar-refractivity contribution in [3.05, 3.63) is 82.4 Å². The Bertz CT molecular complexity index is 930. The highest BCUT2D eigenvalue weighted by Gasteiger charge is 2.07. The number of hydrogen-bond acceptors (Lipinski definition) is 4. The van der Waals surface area contributed by atoms with Crippen molar-refractivity contribution in [2.75, 3.05) is 12.4 Å². The molecule has 0 spiro atoms. The van der Waals surface area contributed by atoms with Crippen molar-refractivity contribution in [1.29, 1.82) is 0 Å². The number of methoxy groups -OCH3 is 1. The molecule has 0 aliphatic heterocycles. The summed E-state index contributed by atoms with van der Waals surface area (Å²) in [5, 5.41) is 3.12. The van der Waals surface area contributed by atoms with E-state index >= 15 is 0 Å². The molecule has 1 heterocycles. The molecule has 0 radical (unpaired) electrons. The maximum Gasteiger partial charge on any atom is 0.297 e. The number of anilines is 1. The molecule has 0 aliphatic carbocycles. The van der Waals surface area contributed by atoms with Gasteiger partial charge < -0.3 is 10.1 Å². The van der Waals surface area contributed by atoms with Gasteiger partial charge in [0.2, 0.25) is 0 Å². The smallest absolute Gasteiger partial charge is 0.297 e. The molecule has 1 aromatic heterocycles. The van der Waals surface area contributed by atoms with E-state index in [2.05, 4.69) is 36.3 Å². The third-order valence-electron chi connectivity index (χ3n) is 4.27. The standard InChI is InChI=1S/C21H23N3O2/c1-15(2)17-7-9-18(10-8-17)24-12-11-22-20(21(24)25)23-14-16-5-4-6-19(13-16)26-3/h4-13,15H,14H2,1-3H3,(H,22,23). The summed E-state index contributed by atoms with van der Waals surface area (Å²) in [6.07, 6.45) is 3.31. The minimum atomic E-state index is -0.173. The quantitative estimate of drug-likeness (QED) is 0.731. The molecule has 1 N–H and O–H groups in total. The Morgan fingerprint density at radius 3 is 2.62 bits per heavy atom. The summed E-state index contributed by atoms with van der Waals surface area (Å²) >= 11 is 0. The number of hydrogen-bond donors (Lipinski definition) is 1. The molecular formula is C21H23N3O2. The normalized spacial score (nSPS) is 10.8. The van der Waals surface area contributed by atoms with Crippen LogP contribution in [0.3, 0.4) is 0 Å². The Morgan fingerprint density at radius 2 is 1.92 bits per heavy atom. The number of rotatable bonds is 6. The molecule has 5 nitrogen and oxygen atoms in total. The van der Waals surface area contributed by atoms with Crippen molar-refractivity contribution in [3.63, 3.8) is 0 Å². The molecule has 2 aromatic carbocycles. The van der Waals surface area contributed by atoms with Crippen molar-refractivity contribution in [2.45, 2.75) is 26.3 Å². The van der Waals surface area contributed by atoms with E-state index in [-0.39, 0.29) is 5.56 Å². The Hall–Kier alpha value is -3.08. The van der Waals surface area contributed by atoms with Crippen molar-refractivity contribution < 1.29 is 4.74 Å². The first-order valence-corrected chi connectivity index (χ1v) is 8.63. The zero-order chi connectivity index (χ0) is 18.5. The fourth-order valence-electron chi connectivity index (χ4n) is 2.72. The van der Waals surface area contributed by atoms with Gasteiger partial charge in [-0.25, -0.2) is 4.98 Å². The van der Waals surface area contributed by atoms with Crippen LogP contribution in [-0.2, 0) is 6.54 Å². The average molecular weight is 349 g/mol. The van der Waals surface area contributed by atoms with Gasteiger partial charge in [0.05, 0.1) is 7.11 Å². The third kappa shape index (κ3) is 3.94. The van der Waals surface area contributed by atoms with Gasteiger partial charge in [0.15, 0.2) is 5.82 Å². The Balaban J connectivity index is 1.81. The van der Waals surface area contributed by atoms with Crippen LogP contribution in [0.25, 0.3) is 5.69 Å². The molecule has 5 heteroatoms. The highest BCUT2D eigenvalue weighted by atomic mass is 16.5. The van der Waals surface area contributed by atoms with E-state index in [0.717, 1.165) is 17.0 Å². The lowest BCUT2D eigenvalue weighted by atomic mass is 10.0. The molecule has 0 amide bonds. The van der Waals surface area contributed by atoms with Gasteiger partial charge in [-0.15, -0.1) is 0 Å². The Labute approximate surface area is 153 Å². The fraction of sp³-hybridized carbons (Fsp3) is 0.238. The maximum atomic E-state index is 12.7. The molecule has 0 atom stereocenters. The first-order chi connectivity index (χ1) is 12.6. The molecule has 3 aromatic rings. The Kier molecular flexibility index (Phi) is 5.37. The summed E-state index contributed by atoms with van der Waals surface area (Å²) in [6, 6.07) is 15.7. The second-order valence-corrected chi connectivity index (χ2v) is 6.40. The lowest BCUT2D eigenvalue weighted by Crippen LogP contribution is -2.23. The maximum absolute atomic E-state index is 12.7. The number of ether oxygens (including phenoxy) is 1. The predicted molar refractivity (Wildman–Crippen MR) is 104 cm³/mol. The van der Waals surface area contributed by atoms with E-state index in [1.54, 1.807) is 24.1 Å². The van der Waals surface area contributed by atoms with E-state index in [0.29, 0.717) is 18.3 Å². The molecular weight excluding hydrogens is 326 g/mol. The van der Waals surface area contributed by atoms with E-state index in [1.165, 1.54) is 5.56 Å². The van der Waals surface area contributed by atoms with E-state index in [9.17, 15) is 4.79 Å². The fourth-order valence-corrected chi connectivity index (χ4v) is 2.72. The van der Waals surface area contributed by atoms with Gasteiger partial charge in [0.1, 0.15) is 5.75 Å². The molecule has 3 rings (SSSR count). The largest absolute Gasteiger partial charge is 0.497 e. The van der Waals surface area contributed by atoms with Crippen molar-refractivity contribution in [1.82, 2.24) is 9.55 Å². The van der Waals surface area contributed by atoms with Gasteiger partial charge in [-0.2, -0.15) is 0 Å². The zero-order valence-electron chi connectivity index (χ0n) is 15.3. The van der Waals surface area contributed by atoms with Crippen molar-refractivity contribution in [2.24, 2.45) is 0 Å². The number of benzene rings is 2. The zero-order valence-corrected chi connectivity index (χ0v) is 15.3. The topological polar surface area (TPSA) is 56.1 Å². The van der Waals surface area contributed by atoms with Gasteiger partial charge in [-0.05, 0) is 41.3 Å².